The van der Waals surface area contributed by atoms with Crippen molar-refractivity contribution in [2.45, 2.75) is 64.3 Å². The van der Waals surface area contributed by atoms with E-state index in [0.29, 0.717) is 31.9 Å². The highest BCUT2D eigenvalue weighted by molar-refractivity contribution is 7.89. The van der Waals surface area contributed by atoms with Gasteiger partial charge in [0.2, 0.25) is 10.0 Å². The molecule has 0 saturated carbocycles. The van der Waals surface area contributed by atoms with Gasteiger partial charge in [0, 0.05) is 39.0 Å². The summed E-state index contributed by atoms with van der Waals surface area (Å²) in [6.07, 6.45) is 3.40. The Balaban J connectivity index is 0.000000711. The first-order valence-electron chi connectivity index (χ1n) is 14.2. The van der Waals surface area contributed by atoms with E-state index < -0.39 is 22.2 Å². The Morgan fingerprint density at radius 1 is 1.15 bits per heavy atom. The topological polar surface area (TPSA) is 136 Å². The van der Waals surface area contributed by atoms with Crippen molar-refractivity contribution in [3.8, 4) is 5.75 Å². The van der Waals surface area contributed by atoms with Crippen LogP contribution in [0.3, 0.4) is 0 Å². The number of carboxylic acid groups (broad SMARTS) is 1. The van der Waals surface area contributed by atoms with Gasteiger partial charge in [-0.05, 0) is 72.9 Å². The summed E-state index contributed by atoms with van der Waals surface area (Å²) in [6, 6.07) is 12.6. The summed E-state index contributed by atoms with van der Waals surface area (Å²) in [5, 5.41) is 29.7. The minimum atomic E-state index is -3.78. The lowest BCUT2D eigenvalue weighted by atomic mass is 10.0. The SMILES string of the molecule is C=Cc1ccc(C[C@@H](CCN(CC(C)C)S(=O)(=O)c2ccc(O)cc2)NC(=O)O)cc1.CC.OCC[C@H]1CCOC1. The van der Waals surface area contributed by atoms with E-state index in [2.05, 4.69) is 11.9 Å². The highest BCUT2D eigenvalue weighted by Gasteiger charge is 2.26. The number of aliphatic hydroxyl groups excluding tert-OH is 1. The van der Waals surface area contributed by atoms with Crippen molar-refractivity contribution in [1.82, 2.24) is 9.62 Å². The van der Waals surface area contributed by atoms with E-state index in [1.54, 1.807) is 6.08 Å². The first kappa shape index (κ1) is 36.1. The van der Waals surface area contributed by atoms with Gasteiger partial charge < -0.3 is 25.4 Å². The first-order chi connectivity index (χ1) is 19.5. The van der Waals surface area contributed by atoms with Gasteiger partial charge in [0.25, 0.3) is 0 Å². The second kappa shape index (κ2) is 19.2. The van der Waals surface area contributed by atoms with Crippen LogP contribution in [-0.2, 0) is 21.2 Å². The van der Waals surface area contributed by atoms with Gasteiger partial charge in [-0.15, -0.1) is 0 Å². The van der Waals surface area contributed by atoms with Crippen molar-refractivity contribution in [2.75, 3.05) is 32.9 Å². The Labute approximate surface area is 245 Å². The monoisotopic (exact) mass is 592 g/mol. The fourth-order valence-corrected chi connectivity index (χ4v) is 5.87. The van der Waals surface area contributed by atoms with Gasteiger partial charge in [-0.25, -0.2) is 13.2 Å². The molecule has 0 spiro atoms. The molecule has 230 valence electrons. The fraction of sp³-hybridized carbons (Fsp3) is 0.516. The largest absolute Gasteiger partial charge is 0.508 e. The van der Waals surface area contributed by atoms with Crippen LogP contribution in [0, 0.1) is 11.8 Å². The number of ether oxygens (including phenoxy) is 1. The van der Waals surface area contributed by atoms with Crippen molar-refractivity contribution in [3.63, 3.8) is 0 Å². The minimum absolute atomic E-state index is 0.0115. The van der Waals surface area contributed by atoms with E-state index in [4.69, 9.17) is 9.84 Å². The number of aromatic hydroxyl groups is 1. The molecule has 1 saturated heterocycles. The van der Waals surface area contributed by atoms with Crippen LogP contribution >= 0.6 is 0 Å². The van der Waals surface area contributed by atoms with E-state index in [0.717, 1.165) is 37.2 Å². The van der Waals surface area contributed by atoms with E-state index in [-0.39, 0.29) is 23.1 Å². The Hall–Kier alpha value is -2.92. The van der Waals surface area contributed by atoms with Crippen molar-refractivity contribution in [2.24, 2.45) is 11.8 Å². The molecule has 0 aliphatic carbocycles. The number of carbonyl (C=O) groups is 1. The van der Waals surface area contributed by atoms with Crippen molar-refractivity contribution >= 4 is 22.2 Å². The normalized spacial score (nSPS) is 15.3. The number of aliphatic hydroxyl groups is 1. The fourth-order valence-electron chi connectivity index (χ4n) is 4.25. The smallest absolute Gasteiger partial charge is 0.404 e. The molecule has 1 fully saturated rings. The number of phenols is 1. The summed E-state index contributed by atoms with van der Waals surface area (Å²) >= 11 is 0. The molecule has 2 aromatic rings. The number of rotatable bonds is 13. The van der Waals surface area contributed by atoms with Crippen molar-refractivity contribution in [3.05, 3.63) is 66.2 Å². The third-order valence-electron chi connectivity index (χ3n) is 6.36. The Kier molecular flexibility index (Phi) is 16.9. The van der Waals surface area contributed by atoms with Crippen LogP contribution in [0.15, 0.2) is 60.0 Å². The van der Waals surface area contributed by atoms with Crippen LogP contribution in [0.1, 0.15) is 58.1 Å². The van der Waals surface area contributed by atoms with Crippen molar-refractivity contribution < 1.29 is 33.3 Å². The summed E-state index contributed by atoms with van der Waals surface area (Å²) in [4.78, 5) is 11.4. The Bertz CT molecular complexity index is 1110. The molecule has 1 aliphatic heterocycles. The molecule has 2 atom stereocenters. The lowest BCUT2D eigenvalue weighted by Gasteiger charge is -2.26. The average molecular weight is 593 g/mol. The molecular weight excluding hydrogens is 544 g/mol. The van der Waals surface area contributed by atoms with Gasteiger partial charge in [0.05, 0.1) is 4.90 Å². The van der Waals surface area contributed by atoms with Gasteiger partial charge in [-0.2, -0.15) is 4.31 Å². The number of sulfonamides is 1. The van der Waals surface area contributed by atoms with Crippen LogP contribution in [0.4, 0.5) is 4.79 Å². The lowest BCUT2D eigenvalue weighted by molar-refractivity contribution is 0.175. The number of hydrogen-bond acceptors (Lipinski definition) is 6. The minimum Gasteiger partial charge on any atom is -0.508 e. The summed E-state index contributed by atoms with van der Waals surface area (Å²) in [6.45, 7) is 14.1. The van der Waals surface area contributed by atoms with Crippen LogP contribution in [0.5, 0.6) is 5.75 Å². The summed E-state index contributed by atoms with van der Waals surface area (Å²) in [5.74, 6) is 0.715. The van der Waals surface area contributed by atoms with E-state index in [9.17, 15) is 23.4 Å². The molecule has 9 nitrogen and oxygen atoms in total. The Morgan fingerprint density at radius 3 is 2.27 bits per heavy atom. The molecular formula is C31H48N2O7S. The maximum absolute atomic E-state index is 13.1. The molecule has 10 heteroatoms. The number of nitrogens with zero attached hydrogens (tertiary/aromatic N) is 1. The summed E-state index contributed by atoms with van der Waals surface area (Å²) < 4.78 is 32.8. The molecule has 1 heterocycles. The zero-order valence-corrected chi connectivity index (χ0v) is 25.6. The maximum Gasteiger partial charge on any atom is 0.404 e. The van der Waals surface area contributed by atoms with Gasteiger partial charge >= 0.3 is 6.09 Å². The maximum atomic E-state index is 13.1. The molecule has 0 aromatic heterocycles. The van der Waals surface area contributed by atoms with Gasteiger partial charge in [0.15, 0.2) is 0 Å². The Morgan fingerprint density at radius 2 is 1.78 bits per heavy atom. The summed E-state index contributed by atoms with van der Waals surface area (Å²) in [5.41, 5.74) is 1.91. The molecule has 1 aliphatic rings. The third-order valence-corrected chi connectivity index (χ3v) is 8.24. The number of phenolic OH excluding ortho intramolecular Hbond substituents is 1. The van der Waals surface area contributed by atoms with Gasteiger partial charge in [-0.1, -0.05) is 64.6 Å². The molecule has 3 rings (SSSR count). The van der Waals surface area contributed by atoms with Crippen LogP contribution in [0.2, 0.25) is 0 Å². The van der Waals surface area contributed by atoms with E-state index in [1.165, 1.54) is 28.6 Å². The number of benzene rings is 2. The molecule has 41 heavy (non-hydrogen) atoms. The standard InChI is InChI=1S/C23H30N2O5S.C6H12O2.C2H6/c1-4-18-5-7-19(8-6-18)15-20(24-23(27)28)13-14-25(16-17(2)3)31(29,30)22-11-9-21(26)10-12-22;7-3-1-6-2-4-8-5-6;1-2/h4-12,17,20,24,26H,1,13-16H2,2-3H3,(H,27,28);6-7H,1-5H2;1-2H3/t20-;6-;/m10./s1. The average Bonchev–Trinajstić information content (AvgIpc) is 3.46. The predicted octanol–water partition coefficient (Wildman–Crippen LogP) is 5.38. The zero-order chi connectivity index (χ0) is 30.8. The number of nitrogens with one attached hydrogen (secondary N) is 1. The third kappa shape index (κ3) is 13.5. The van der Waals surface area contributed by atoms with Gasteiger partial charge in [0.1, 0.15) is 5.75 Å². The number of amides is 1. The first-order valence-corrected chi connectivity index (χ1v) is 15.7. The van der Waals surface area contributed by atoms with Crippen LogP contribution in [0.25, 0.3) is 6.08 Å². The van der Waals surface area contributed by atoms with Crippen molar-refractivity contribution in [1.29, 1.82) is 0 Å². The second-order valence-corrected chi connectivity index (χ2v) is 12.0. The molecule has 1 amide bonds. The second-order valence-electron chi connectivity index (χ2n) is 10.1. The zero-order valence-electron chi connectivity index (χ0n) is 24.8. The van der Waals surface area contributed by atoms with E-state index >= 15 is 0 Å². The van der Waals surface area contributed by atoms with E-state index in [1.807, 2.05) is 52.0 Å². The molecule has 0 radical (unpaired) electrons. The number of hydrogen-bond donors (Lipinski definition) is 4. The molecule has 0 unspecified atom stereocenters. The molecule has 0 bridgehead atoms. The highest BCUT2D eigenvalue weighted by Crippen LogP contribution is 2.21. The molecule has 2 aromatic carbocycles. The highest BCUT2D eigenvalue weighted by atomic mass is 32.2. The van der Waals surface area contributed by atoms with Crippen LogP contribution in [-0.4, -0.2) is 73.1 Å². The predicted molar refractivity (Wildman–Crippen MR) is 163 cm³/mol. The quantitative estimate of drug-likeness (QED) is 0.245. The van der Waals surface area contributed by atoms with Crippen LogP contribution < -0.4 is 5.32 Å². The summed E-state index contributed by atoms with van der Waals surface area (Å²) in [7, 11) is -3.78. The molecule has 4 N–H and O–H groups in total. The van der Waals surface area contributed by atoms with Gasteiger partial charge in [-0.3, -0.25) is 0 Å². The lowest BCUT2D eigenvalue weighted by Crippen LogP contribution is -2.41.